The van der Waals surface area contributed by atoms with E-state index in [2.05, 4.69) is 54.1 Å². The lowest BCUT2D eigenvalue weighted by Gasteiger charge is -2.38. The maximum Gasteiger partial charge on any atom is 0.270 e. The highest BCUT2D eigenvalue weighted by atomic mass is 16.2. The van der Waals surface area contributed by atoms with Gasteiger partial charge in [0.1, 0.15) is 5.69 Å². The lowest BCUT2D eigenvalue weighted by Crippen LogP contribution is -2.46. The molecule has 1 amide bonds. The third kappa shape index (κ3) is 5.50. The number of carbonyl (C=O) groups excluding carboxylic acids is 1. The van der Waals surface area contributed by atoms with Crippen LogP contribution in [0.15, 0.2) is 36.7 Å². The van der Waals surface area contributed by atoms with E-state index in [1.54, 1.807) is 6.20 Å². The molecule has 28 heavy (non-hydrogen) atoms. The summed E-state index contributed by atoms with van der Waals surface area (Å²) in [7, 11) is 2.10. The molecule has 0 unspecified atom stereocenters. The maximum absolute atomic E-state index is 12.5. The number of piperidine rings is 1. The first-order valence-corrected chi connectivity index (χ1v) is 10.2. The zero-order valence-electron chi connectivity index (χ0n) is 18.1. The van der Waals surface area contributed by atoms with E-state index >= 15 is 0 Å². The highest BCUT2D eigenvalue weighted by Gasteiger charge is 2.28. The van der Waals surface area contributed by atoms with Crippen LogP contribution in [0.5, 0.6) is 0 Å². The van der Waals surface area contributed by atoms with Crippen LogP contribution in [0.1, 0.15) is 57.9 Å². The Bertz CT molecular complexity index is 728. The van der Waals surface area contributed by atoms with Crippen LogP contribution in [-0.4, -0.2) is 52.5 Å². The van der Waals surface area contributed by atoms with Crippen molar-refractivity contribution in [1.82, 2.24) is 14.9 Å². The molecule has 154 valence electrons. The molecule has 2 aromatic rings. The molecule has 3 rings (SSSR count). The van der Waals surface area contributed by atoms with Crippen molar-refractivity contribution in [2.24, 2.45) is 0 Å². The van der Waals surface area contributed by atoms with Crippen LogP contribution in [0.25, 0.3) is 0 Å². The van der Waals surface area contributed by atoms with Gasteiger partial charge in [-0.15, -0.1) is 0 Å². The molecule has 0 spiro atoms. The molecule has 2 aromatic heterocycles. The number of anilines is 2. The van der Waals surface area contributed by atoms with Crippen LogP contribution >= 0.6 is 0 Å². The van der Waals surface area contributed by atoms with E-state index in [1.807, 2.05) is 43.1 Å². The summed E-state index contributed by atoms with van der Waals surface area (Å²) in [5.74, 6) is 1.06. The van der Waals surface area contributed by atoms with E-state index in [1.165, 1.54) is 0 Å². The number of nitrogens with one attached hydrogen (secondary N) is 2. The Balaban J connectivity index is 0.00000136. The first kappa shape index (κ1) is 21.8. The summed E-state index contributed by atoms with van der Waals surface area (Å²) in [6, 6.07) is 8.10. The predicted molar refractivity (Wildman–Crippen MR) is 117 cm³/mol. The molecule has 0 aromatic carbocycles. The molecular weight excluding hydrogens is 350 g/mol. The summed E-state index contributed by atoms with van der Waals surface area (Å²) in [5, 5.41) is 3.54. The van der Waals surface area contributed by atoms with Crippen molar-refractivity contribution in [2.75, 3.05) is 30.4 Å². The number of H-pyrrole nitrogens is 1. The second-order valence-electron chi connectivity index (χ2n) is 7.97. The second-order valence-corrected chi connectivity index (χ2v) is 7.97. The molecule has 0 saturated carbocycles. The van der Waals surface area contributed by atoms with E-state index in [-0.39, 0.29) is 11.4 Å². The Hall–Kier alpha value is -2.50. The van der Waals surface area contributed by atoms with Crippen molar-refractivity contribution in [3.05, 3.63) is 42.4 Å². The first-order chi connectivity index (χ1) is 13.3. The van der Waals surface area contributed by atoms with Gasteiger partial charge in [0.15, 0.2) is 5.82 Å². The number of aromatic amines is 1. The van der Waals surface area contributed by atoms with E-state index in [0.717, 1.165) is 37.4 Å². The molecule has 3 heterocycles. The van der Waals surface area contributed by atoms with Gasteiger partial charge in [-0.25, -0.2) is 4.98 Å². The van der Waals surface area contributed by atoms with Crippen molar-refractivity contribution >= 4 is 17.4 Å². The Morgan fingerprint density at radius 3 is 2.46 bits per heavy atom. The quantitative estimate of drug-likeness (QED) is 0.819. The van der Waals surface area contributed by atoms with Crippen LogP contribution in [0.4, 0.5) is 11.5 Å². The van der Waals surface area contributed by atoms with Crippen molar-refractivity contribution in [3.8, 4) is 0 Å². The van der Waals surface area contributed by atoms with Crippen molar-refractivity contribution < 1.29 is 4.79 Å². The van der Waals surface area contributed by atoms with Crippen molar-refractivity contribution in [1.29, 1.82) is 0 Å². The third-order valence-corrected chi connectivity index (χ3v) is 4.76. The fraction of sp³-hybridized carbons (Fsp3) is 0.545. The lowest BCUT2D eigenvalue weighted by atomic mass is 10.0. The predicted octanol–water partition coefficient (Wildman–Crippen LogP) is 4.39. The minimum atomic E-state index is -0.0234. The summed E-state index contributed by atoms with van der Waals surface area (Å²) in [4.78, 5) is 24.3. The third-order valence-electron chi connectivity index (χ3n) is 4.76. The van der Waals surface area contributed by atoms with Gasteiger partial charge in [0.2, 0.25) is 0 Å². The molecular formula is C22H35N5O. The van der Waals surface area contributed by atoms with Gasteiger partial charge in [-0.2, -0.15) is 0 Å². The fourth-order valence-corrected chi connectivity index (χ4v) is 3.44. The average Bonchev–Trinajstić information content (AvgIpc) is 3.23. The molecule has 1 aliphatic heterocycles. The monoisotopic (exact) mass is 385 g/mol. The molecule has 0 radical (unpaired) electrons. The Morgan fingerprint density at radius 2 is 1.89 bits per heavy atom. The molecule has 6 nitrogen and oxygen atoms in total. The van der Waals surface area contributed by atoms with E-state index in [4.69, 9.17) is 0 Å². The van der Waals surface area contributed by atoms with Crippen LogP contribution in [-0.2, 0) is 0 Å². The number of aromatic nitrogens is 2. The smallest absolute Gasteiger partial charge is 0.270 e. The first-order valence-electron chi connectivity index (χ1n) is 10.2. The Labute approximate surface area is 169 Å². The van der Waals surface area contributed by atoms with Gasteiger partial charge in [0.25, 0.3) is 5.91 Å². The van der Waals surface area contributed by atoms with Crippen LogP contribution < -0.4 is 10.2 Å². The standard InChI is InChI=1S/C20H29N5O.C2H6/c1-20(2,3)23-16-7-5-12-22-18(16)24(4)15-9-13-25(14-10-15)19(26)17-8-6-11-21-17;1-2/h5-8,11-12,15,21,23H,9-10,13-14H2,1-4H3;1-2H3. The summed E-state index contributed by atoms with van der Waals surface area (Å²) in [5.41, 5.74) is 1.69. The Kier molecular flexibility index (Phi) is 7.49. The molecule has 2 N–H and O–H groups in total. The molecule has 1 aliphatic rings. The molecule has 1 saturated heterocycles. The van der Waals surface area contributed by atoms with E-state index in [0.29, 0.717) is 11.7 Å². The van der Waals surface area contributed by atoms with Crippen LogP contribution in [0.2, 0.25) is 0 Å². The number of pyridine rings is 1. The maximum atomic E-state index is 12.5. The van der Waals surface area contributed by atoms with E-state index in [9.17, 15) is 4.79 Å². The SMILES string of the molecule is CC.CN(c1ncccc1NC(C)(C)C)C1CCN(C(=O)c2ccc[nH]2)CC1. The lowest BCUT2D eigenvalue weighted by molar-refractivity contribution is 0.0708. The highest BCUT2D eigenvalue weighted by molar-refractivity contribution is 5.92. The second kappa shape index (κ2) is 9.62. The number of carbonyl (C=O) groups is 1. The van der Waals surface area contributed by atoms with Gasteiger partial charge >= 0.3 is 0 Å². The molecule has 6 heteroatoms. The van der Waals surface area contributed by atoms with Gasteiger partial charge in [0, 0.05) is 44.1 Å². The number of rotatable bonds is 4. The van der Waals surface area contributed by atoms with E-state index < -0.39 is 0 Å². The zero-order valence-corrected chi connectivity index (χ0v) is 18.1. The summed E-state index contributed by atoms with van der Waals surface area (Å²) >= 11 is 0. The van der Waals surface area contributed by atoms with Gasteiger partial charge in [-0.1, -0.05) is 13.8 Å². The van der Waals surface area contributed by atoms with Gasteiger partial charge in [-0.3, -0.25) is 4.79 Å². The Morgan fingerprint density at radius 1 is 1.21 bits per heavy atom. The minimum absolute atomic E-state index is 0.0234. The summed E-state index contributed by atoms with van der Waals surface area (Å²) < 4.78 is 0. The van der Waals surface area contributed by atoms with Gasteiger partial charge in [-0.05, 0) is 57.9 Å². The highest BCUT2D eigenvalue weighted by Crippen LogP contribution is 2.29. The molecule has 1 fully saturated rings. The average molecular weight is 386 g/mol. The zero-order chi connectivity index (χ0) is 20.7. The fourth-order valence-electron chi connectivity index (χ4n) is 3.44. The number of amides is 1. The number of nitrogens with zero attached hydrogens (tertiary/aromatic N) is 3. The van der Waals surface area contributed by atoms with Crippen molar-refractivity contribution in [3.63, 3.8) is 0 Å². The van der Waals surface area contributed by atoms with Crippen molar-refractivity contribution in [2.45, 2.75) is 59.0 Å². The van der Waals surface area contributed by atoms with Crippen LogP contribution in [0, 0.1) is 0 Å². The largest absolute Gasteiger partial charge is 0.377 e. The minimum Gasteiger partial charge on any atom is -0.377 e. The topological polar surface area (TPSA) is 64.3 Å². The molecule has 0 bridgehead atoms. The normalized spacial score (nSPS) is 14.9. The number of hydrogen-bond acceptors (Lipinski definition) is 4. The van der Waals surface area contributed by atoms with Crippen LogP contribution in [0.3, 0.4) is 0 Å². The number of likely N-dealkylation sites (tertiary alicyclic amines) is 1. The summed E-state index contributed by atoms with van der Waals surface area (Å²) in [6.45, 7) is 12.0. The number of hydrogen-bond donors (Lipinski definition) is 2. The van der Waals surface area contributed by atoms with Gasteiger partial charge in [0.05, 0.1) is 5.69 Å². The summed E-state index contributed by atoms with van der Waals surface area (Å²) in [6.07, 6.45) is 5.51. The van der Waals surface area contributed by atoms with Gasteiger partial charge < -0.3 is 20.1 Å². The molecule has 0 aliphatic carbocycles. The molecule has 0 atom stereocenters.